The van der Waals surface area contributed by atoms with Crippen LogP contribution in [0.5, 0.6) is 0 Å². The number of urea groups is 1. The van der Waals surface area contributed by atoms with Gasteiger partial charge >= 0.3 is 12.0 Å². The average molecular weight is 494 g/mol. The number of anilines is 2. The molecule has 1 atom stereocenters. The summed E-state index contributed by atoms with van der Waals surface area (Å²) in [6, 6.07) is 9.08. The second kappa shape index (κ2) is 9.90. The van der Waals surface area contributed by atoms with Crippen LogP contribution in [0.1, 0.15) is 23.8 Å². The molecule has 0 saturated carbocycles. The molecule has 2 heterocycles. The third kappa shape index (κ3) is 4.50. The number of halogens is 2. The van der Waals surface area contributed by atoms with Gasteiger partial charge in [0.25, 0.3) is 5.91 Å². The maximum Gasteiger partial charge on any atom is 0.356 e. The highest BCUT2D eigenvalue weighted by Crippen LogP contribution is 2.32. The molecule has 0 bridgehead atoms. The first-order valence-electron chi connectivity index (χ1n) is 10.8. The molecular weight excluding hydrogens is 474 g/mol. The first-order chi connectivity index (χ1) is 17.2. The monoisotopic (exact) mass is 494 g/mol. The van der Waals surface area contributed by atoms with E-state index in [1.165, 1.54) is 55.4 Å². The Balaban J connectivity index is 1.82. The van der Waals surface area contributed by atoms with Gasteiger partial charge in [-0.25, -0.2) is 18.4 Å². The number of hydrogen-bond donors (Lipinski definition) is 1. The molecular formula is C25H20F2N4O5. The first-order valence-corrected chi connectivity index (χ1v) is 10.8. The topological polar surface area (TPSA) is 109 Å². The minimum atomic E-state index is -1.70. The summed E-state index contributed by atoms with van der Waals surface area (Å²) in [6.07, 6.45) is 1.34. The highest BCUT2D eigenvalue weighted by Gasteiger charge is 2.45. The van der Waals surface area contributed by atoms with Gasteiger partial charge in [0.1, 0.15) is 17.3 Å². The Morgan fingerprint density at radius 1 is 1.11 bits per heavy atom. The van der Waals surface area contributed by atoms with E-state index >= 15 is 0 Å². The second-order valence-corrected chi connectivity index (χ2v) is 7.81. The zero-order valence-corrected chi connectivity index (χ0v) is 19.2. The second-order valence-electron chi connectivity index (χ2n) is 7.81. The van der Waals surface area contributed by atoms with Crippen molar-refractivity contribution in [3.63, 3.8) is 0 Å². The van der Waals surface area contributed by atoms with Crippen molar-refractivity contribution < 1.29 is 32.8 Å². The number of carbonyl (C=O) groups is 4. The van der Waals surface area contributed by atoms with Crippen LogP contribution in [0.3, 0.4) is 0 Å². The third-order valence-electron chi connectivity index (χ3n) is 5.58. The fourth-order valence-electron chi connectivity index (χ4n) is 3.78. The molecule has 1 aliphatic heterocycles. The molecule has 0 radical (unpaired) electrons. The van der Waals surface area contributed by atoms with Crippen molar-refractivity contribution in [1.82, 2.24) is 10.5 Å². The van der Waals surface area contributed by atoms with E-state index in [0.717, 1.165) is 11.0 Å². The zero-order chi connectivity index (χ0) is 26.0. The number of likely N-dealkylation sites (N-methyl/N-ethyl adjacent to an activating group) is 1. The number of nitrogens with zero attached hydrogens (tertiary/aromatic N) is 3. The number of Topliss-reactive ketones (excluding diaryl/α,β-unsaturated/α-hetero) is 1. The lowest BCUT2D eigenvalue weighted by molar-refractivity contribution is -0.148. The van der Waals surface area contributed by atoms with Gasteiger partial charge < -0.3 is 9.74 Å². The lowest BCUT2D eigenvalue weighted by Crippen LogP contribution is -2.59. The van der Waals surface area contributed by atoms with Crippen molar-refractivity contribution in [2.45, 2.75) is 19.4 Å². The van der Waals surface area contributed by atoms with E-state index in [1.807, 2.05) is 5.48 Å². The van der Waals surface area contributed by atoms with Crippen molar-refractivity contribution in [3.8, 4) is 11.1 Å². The van der Waals surface area contributed by atoms with Crippen LogP contribution >= 0.6 is 0 Å². The molecule has 1 aromatic heterocycles. The molecule has 1 N–H and O–H groups in total. The van der Waals surface area contributed by atoms with E-state index in [0.29, 0.717) is 6.07 Å². The quantitative estimate of drug-likeness (QED) is 0.438. The number of rotatable bonds is 4. The van der Waals surface area contributed by atoms with Crippen molar-refractivity contribution in [2.24, 2.45) is 0 Å². The molecule has 0 unspecified atom stereocenters. The predicted molar refractivity (Wildman–Crippen MR) is 125 cm³/mol. The predicted octanol–water partition coefficient (Wildman–Crippen LogP) is 3.64. The van der Waals surface area contributed by atoms with E-state index in [-0.39, 0.29) is 34.6 Å². The Bertz CT molecular complexity index is 1380. The van der Waals surface area contributed by atoms with Crippen LogP contribution < -0.4 is 15.3 Å². The zero-order valence-electron chi connectivity index (χ0n) is 19.2. The van der Waals surface area contributed by atoms with Gasteiger partial charge in [-0.3, -0.25) is 19.5 Å². The Labute approximate surface area is 204 Å². The van der Waals surface area contributed by atoms with Crippen LogP contribution in [0.15, 0.2) is 60.8 Å². The van der Waals surface area contributed by atoms with E-state index < -0.39 is 41.4 Å². The molecule has 184 valence electrons. The minimum Gasteiger partial charge on any atom is -0.339 e. The third-order valence-corrected chi connectivity index (χ3v) is 5.58. The number of benzene rings is 2. The Hall–Kier alpha value is -4.67. The normalized spacial score (nSPS) is 14.8. The lowest BCUT2D eigenvalue weighted by Gasteiger charge is -2.36. The number of aromatic nitrogens is 1. The summed E-state index contributed by atoms with van der Waals surface area (Å²) in [5, 5.41) is 0. The summed E-state index contributed by atoms with van der Waals surface area (Å²) in [4.78, 5) is 62.3. The van der Waals surface area contributed by atoms with Crippen LogP contribution in [0, 0.1) is 11.6 Å². The van der Waals surface area contributed by atoms with Gasteiger partial charge in [-0.1, -0.05) is 19.1 Å². The summed E-state index contributed by atoms with van der Waals surface area (Å²) < 4.78 is 27.9. The van der Waals surface area contributed by atoms with Gasteiger partial charge in [-0.15, -0.1) is 0 Å². The van der Waals surface area contributed by atoms with E-state index in [2.05, 4.69) is 4.98 Å². The summed E-state index contributed by atoms with van der Waals surface area (Å²) >= 11 is 0. The largest absolute Gasteiger partial charge is 0.356 e. The van der Waals surface area contributed by atoms with E-state index in [1.54, 1.807) is 12.1 Å². The summed E-state index contributed by atoms with van der Waals surface area (Å²) in [6.45, 7) is 1.51. The molecule has 0 fully saturated rings. The van der Waals surface area contributed by atoms with Gasteiger partial charge in [0.15, 0.2) is 6.04 Å². The van der Waals surface area contributed by atoms with Crippen LogP contribution in [-0.4, -0.2) is 41.8 Å². The lowest BCUT2D eigenvalue weighted by atomic mass is 9.98. The van der Waals surface area contributed by atoms with Gasteiger partial charge in [-0.2, -0.15) is 5.48 Å². The number of nitrogens with one attached hydrogen (secondary N) is 1. The fourth-order valence-corrected chi connectivity index (χ4v) is 3.78. The van der Waals surface area contributed by atoms with Gasteiger partial charge in [-0.05, 0) is 42.0 Å². The molecule has 36 heavy (non-hydrogen) atoms. The highest BCUT2D eigenvalue weighted by atomic mass is 19.1. The minimum absolute atomic E-state index is 0.0146. The summed E-state index contributed by atoms with van der Waals surface area (Å²) in [5.41, 5.74) is 2.48. The molecule has 0 saturated heterocycles. The maximum absolute atomic E-state index is 14.5. The molecule has 4 rings (SSSR count). The summed E-state index contributed by atoms with van der Waals surface area (Å²) in [5.74, 6) is -3.86. The first kappa shape index (κ1) is 24.5. The van der Waals surface area contributed by atoms with Crippen LogP contribution in [0.4, 0.5) is 25.0 Å². The fraction of sp³-hybridized carbons (Fsp3) is 0.160. The average Bonchev–Trinajstić information content (AvgIpc) is 2.88. The van der Waals surface area contributed by atoms with Gasteiger partial charge in [0.05, 0.1) is 5.69 Å². The van der Waals surface area contributed by atoms with Gasteiger partial charge in [0.2, 0.25) is 5.78 Å². The van der Waals surface area contributed by atoms with Crippen molar-refractivity contribution >= 4 is 35.1 Å². The number of hydrogen-bond acceptors (Lipinski definition) is 6. The van der Waals surface area contributed by atoms with Crippen molar-refractivity contribution in [3.05, 3.63) is 78.1 Å². The Kier molecular flexibility index (Phi) is 6.73. The van der Waals surface area contributed by atoms with E-state index in [4.69, 9.17) is 4.84 Å². The van der Waals surface area contributed by atoms with Gasteiger partial charge in [0, 0.05) is 37.0 Å². The molecule has 3 aromatic rings. The standard InChI is InChI=1S/C25H20F2N4O5/c1-3-20(32)36-29-25(35)31(22-23(33)21-19(8-5-11-28-21)30(2)24(22)34)16-7-4-6-14(12-16)17-10-9-15(26)13-18(17)27/h4-13,22H,3H2,1-2H3,(H,29,35)/t22-/m0/s1. The molecule has 9 nitrogen and oxygen atoms in total. The molecule has 0 aliphatic carbocycles. The Morgan fingerprint density at radius 2 is 1.89 bits per heavy atom. The van der Waals surface area contributed by atoms with Crippen LogP contribution in [-0.2, 0) is 14.4 Å². The molecule has 3 amide bonds. The van der Waals surface area contributed by atoms with Crippen LogP contribution in [0.2, 0.25) is 0 Å². The van der Waals surface area contributed by atoms with E-state index in [9.17, 15) is 28.0 Å². The number of amides is 3. The molecule has 11 heteroatoms. The van der Waals surface area contributed by atoms with Crippen LogP contribution in [0.25, 0.3) is 11.1 Å². The number of ketones is 1. The number of fused-ring (bicyclic) bond motifs is 1. The maximum atomic E-state index is 14.5. The smallest absolute Gasteiger partial charge is 0.339 e. The molecule has 1 aliphatic rings. The summed E-state index contributed by atoms with van der Waals surface area (Å²) in [7, 11) is 1.43. The highest BCUT2D eigenvalue weighted by molar-refractivity contribution is 6.27. The SMILES string of the molecule is CCC(=O)ONC(=O)N(c1cccc(-c2ccc(F)cc2F)c1)[C@H]1C(=O)c2ncccc2N(C)C1=O. The van der Waals surface area contributed by atoms with Crippen molar-refractivity contribution in [1.29, 1.82) is 0 Å². The number of pyridine rings is 1. The molecule has 0 spiro atoms. The van der Waals surface area contributed by atoms with Crippen molar-refractivity contribution in [2.75, 3.05) is 16.8 Å². The number of carbonyl (C=O) groups excluding carboxylic acids is 4. The Morgan fingerprint density at radius 3 is 2.61 bits per heavy atom. The molecule has 2 aromatic carbocycles. The number of hydroxylamine groups is 1.